The number of hydrogen-bond donors (Lipinski definition) is 0. The summed E-state index contributed by atoms with van der Waals surface area (Å²) in [4.78, 5) is 0. The van der Waals surface area contributed by atoms with E-state index in [0.717, 1.165) is 24.7 Å². The summed E-state index contributed by atoms with van der Waals surface area (Å²) < 4.78 is 12.3. The fourth-order valence-corrected chi connectivity index (χ4v) is 3.89. The lowest BCUT2D eigenvalue weighted by molar-refractivity contribution is -0.0605. The summed E-state index contributed by atoms with van der Waals surface area (Å²) in [6.07, 6.45) is 1.29. The summed E-state index contributed by atoms with van der Waals surface area (Å²) >= 11 is 6.02. The molecule has 0 unspecified atom stereocenters. The maximum atomic E-state index is 6.16. The van der Waals surface area contributed by atoms with Gasteiger partial charge in [-0.15, -0.1) is 0 Å². The molecular formula is C19H19ClO2. The normalized spacial score (nSPS) is 31.0. The molecule has 4 atom stereocenters. The predicted molar refractivity (Wildman–Crippen MR) is 86.9 cm³/mol. The molecule has 2 nitrogen and oxygen atoms in total. The zero-order chi connectivity index (χ0) is 14.9. The molecule has 22 heavy (non-hydrogen) atoms. The molecule has 2 aliphatic rings. The van der Waals surface area contributed by atoms with Crippen LogP contribution in [-0.4, -0.2) is 13.2 Å². The van der Waals surface area contributed by atoms with Gasteiger partial charge in [-0.2, -0.15) is 0 Å². The van der Waals surface area contributed by atoms with Gasteiger partial charge in [0.15, 0.2) is 0 Å². The van der Waals surface area contributed by atoms with Crippen molar-refractivity contribution in [3.05, 3.63) is 70.7 Å². The van der Waals surface area contributed by atoms with E-state index in [-0.39, 0.29) is 12.2 Å². The van der Waals surface area contributed by atoms with E-state index in [2.05, 4.69) is 36.4 Å². The maximum Gasteiger partial charge on any atom is 0.0884 e. The van der Waals surface area contributed by atoms with Crippen molar-refractivity contribution in [3.63, 3.8) is 0 Å². The van der Waals surface area contributed by atoms with Crippen molar-refractivity contribution >= 4 is 11.6 Å². The van der Waals surface area contributed by atoms with Crippen LogP contribution >= 0.6 is 11.6 Å². The highest BCUT2D eigenvalue weighted by Crippen LogP contribution is 2.50. The topological polar surface area (TPSA) is 18.5 Å². The van der Waals surface area contributed by atoms with E-state index < -0.39 is 0 Å². The Morgan fingerprint density at radius 2 is 1.50 bits per heavy atom. The molecule has 0 N–H and O–H groups in total. The Hall–Kier alpha value is -1.35. The van der Waals surface area contributed by atoms with Crippen LogP contribution in [0.25, 0.3) is 0 Å². The largest absolute Gasteiger partial charge is 0.373 e. The number of fused-ring (bicyclic) bond motifs is 1. The second kappa shape index (κ2) is 6.04. The molecule has 0 spiro atoms. The highest BCUT2D eigenvalue weighted by atomic mass is 35.5. The fraction of sp³-hybridized carbons (Fsp3) is 0.368. The first-order valence-electron chi connectivity index (χ1n) is 7.86. The fourth-order valence-electron chi connectivity index (χ4n) is 3.77. The molecule has 0 aromatic heterocycles. The van der Waals surface area contributed by atoms with E-state index in [0.29, 0.717) is 11.8 Å². The minimum Gasteiger partial charge on any atom is -0.373 e. The first-order valence-corrected chi connectivity index (χ1v) is 8.24. The third-order valence-corrected chi connectivity index (χ3v) is 5.10. The Bertz CT molecular complexity index is 626. The molecule has 0 amide bonds. The minimum atomic E-state index is 0.0868. The molecular weight excluding hydrogens is 296 g/mol. The van der Waals surface area contributed by atoms with Gasteiger partial charge in [-0.25, -0.2) is 0 Å². The Morgan fingerprint density at radius 3 is 2.27 bits per heavy atom. The van der Waals surface area contributed by atoms with E-state index in [4.69, 9.17) is 21.1 Å². The Kier molecular flexibility index (Phi) is 3.91. The third kappa shape index (κ3) is 2.56. The van der Waals surface area contributed by atoms with Gasteiger partial charge in [-0.1, -0.05) is 54.1 Å². The van der Waals surface area contributed by atoms with E-state index in [1.165, 1.54) is 11.1 Å². The average molecular weight is 315 g/mol. The highest BCUT2D eigenvalue weighted by Gasteiger charge is 2.46. The van der Waals surface area contributed by atoms with E-state index in [1.54, 1.807) is 0 Å². The summed E-state index contributed by atoms with van der Waals surface area (Å²) in [5.74, 6) is 0.942. The SMILES string of the molecule is Clc1ccc([C@H]2OCC[C@H]3CO[C@@H](c4ccccc4)[C@@H]32)cc1. The van der Waals surface area contributed by atoms with Gasteiger partial charge < -0.3 is 9.47 Å². The molecule has 0 aliphatic carbocycles. The van der Waals surface area contributed by atoms with E-state index in [1.807, 2.05) is 18.2 Å². The standard InChI is InChI=1S/C19H19ClO2/c20-16-8-6-14(7-9-16)18-17-15(10-11-21-18)12-22-19(17)13-4-2-1-3-5-13/h1-9,15,17-19H,10-12H2/t15-,17-,18+,19-/m0/s1. The average Bonchev–Trinajstić information content (AvgIpc) is 3.00. The molecule has 2 aromatic rings. The zero-order valence-electron chi connectivity index (χ0n) is 12.3. The summed E-state index contributed by atoms with van der Waals surface area (Å²) in [5, 5.41) is 0.762. The lowest BCUT2D eigenvalue weighted by Crippen LogP contribution is -2.31. The van der Waals surface area contributed by atoms with Crippen molar-refractivity contribution in [1.82, 2.24) is 0 Å². The molecule has 114 valence electrons. The number of benzene rings is 2. The molecule has 0 radical (unpaired) electrons. The molecule has 2 heterocycles. The van der Waals surface area contributed by atoms with E-state index in [9.17, 15) is 0 Å². The summed E-state index contributed by atoms with van der Waals surface area (Å²) in [6.45, 7) is 1.64. The number of hydrogen-bond acceptors (Lipinski definition) is 2. The van der Waals surface area contributed by atoms with Crippen molar-refractivity contribution in [1.29, 1.82) is 0 Å². The van der Waals surface area contributed by atoms with Crippen LogP contribution in [0.3, 0.4) is 0 Å². The van der Waals surface area contributed by atoms with Gasteiger partial charge in [-0.3, -0.25) is 0 Å². The number of ether oxygens (including phenoxy) is 2. The van der Waals surface area contributed by atoms with Crippen LogP contribution in [0.1, 0.15) is 29.8 Å². The van der Waals surface area contributed by atoms with Crippen LogP contribution in [0.15, 0.2) is 54.6 Å². The van der Waals surface area contributed by atoms with Gasteiger partial charge in [0.25, 0.3) is 0 Å². The van der Waals surface area contributed by atoms with Crippen LogP contribution in [0.5, 0.6) is 0 Å². The van der Waals surface area contributed by atoms with Crippen molar-refractivity contribution in [3.8, 4) is 0 Å². The number of rotatable bonds is 2. The molecule has 2 aliphatic heterocycles. The number of halogens is 1. The van der Waals surface area contributed by atoms with Gasteiger partial charge in [0, 0.05) is 17.5 Å². The van der Waals surface area contributed by atoms with Gasteiger partial charge in [0.1, 0.15) is 0 Å². The summed E-state index contributed by atoms with van der Waals surface area (Å²) in [5.41, 5.74) is 2.45. The van der Waals surface area contributed by atoms with Crippen LogP contribution in [-0.2, 0) is 9.47 Å². The van der Waals surface area contributed by atoms with Crippen molar-refractivity contribution in [2.24, 2.45) is 11.8 Å². The predicted octanol–water partition coefficient (Wildman–Crippen LogP) is 4.81. The van der Waals surface area contributed by atoms with Crippen LogP contribution in [0.2, 0.25) is 5.02 Å². The Balaban J connectivity index is 1.68. The zero-order valence-corrected chi connectivity index (χ0v) is 13.1. The smallest absolute Gasteiger partial charge is 0.0884 e. The third-order valence-electron chi connectivity index (χ3n) is 4.85. The van der Waals surface area contributed by atoms with Crippen LogP contribution in [0.4, 0.5) is 0 Å². The Labute approximate surface area is 136 Å². The minimum absolute atomic E-state index is 0.0868. The molecule has 0 saturated carbocycles. The molecule has 0 bridgehead atoms. The maximum absolute atomic E-state index is 6.16. The first-order chi connectivity index (χ1) is 10.8. The molecule has 2 fully saturated rings. The van der Waals surface area contributed by atoms with Gasteiger partial charge in [0.05, 0.1) is 18.8 Å². The Morgan fingerprint density at radius 1 is 0.818 bits per heavy atom. The van der Waals surface area contributed by atoms with Gasteiger partial charge in [0.2, 0.25) is 0 Å². The second-order valence-electron chi connectivity index (χ2n) is 6.13. The van der Waals surface area contributed by atoms with E-state index >= 15 is 0 Å². The lowest BCUT2D eigenvalue weighted by Gasteiger charge is -2.36. The molecule has 2 aromatic carbocycles. The van der Waals surface area contributed by atoms with Crippen LogP contribution in [0, 0.1) is 11.8 Å². The summed E-state index contributed by atoms with van der Waals surface area (Å²) in [7, 11) is 0. The van der Waals surface area contributed by atoms with Crippen molar-refractivity contribution in [2.45, 2.75) is 18.6 Å². The monoisotopic (exact) mass is 314 g/mol. The lowest BCUT2D eigenvalue weighted by atomic mass is 9.78. The van der Waals surface area contributed by atoms with Crippen LogP contribution < -0.4 is 0 Å². The van der Waals surface area contributed by atoms with Crippen molar-refractivity contribution < 1.29 is 9.47 Å². The first kappa shape index (κ1) is 14.3. The van der Waals surface area contributed by atoms with Gasteiger partial charge >= 0.3 is 0 Å². The van der Waals surface area contributed by atoms with Crippen molar-refractivity contribution in [2.75, 3.05) is 13.2 Å². The molecule has 2 saturated heterocycles. The summed E-state index contributed by atoms with van der Waals surface area (Å²) in [6, 6.07) is 18.5. The molecule has 3 heteroatoms. The quantitative estimate of drug-likeness (QED) is 0.792. The van der Waals surface area contributed by atoms with Gasteiger partial charge in [-0.05, 0) is 35.6 Å². The second-order valence-corrected chi connectivity index (χ2v) is 6.57. The highest BCUT2D eigenvalue weighted by molar-refractivity contribution is 6.30. The molecule has 4 rings (SSSR count).